The fourth-order valence-electron chi connectivity index (χ4n) is 1.96. The summed E-state index contributed by atoms with van der Waals surface area (Å²) in [6, 6.07) is 5.70. The number of aromatic nitrogens is 1. The Morgan fingerprint density at radius 2 is 2.29 bits per heavy atom. The minimum Gasteiger partial charge on any atom is -0.327 e. The van der Waals surface area contributed by atoms with Crippen molar-refractivity contribution in [3.05, 3.63) is 45.4 Å². The number of amides is 1. The molecule has 0 aliphatic rings. The summed E-state index contributed by atoms with van der Waals surface area (Å²) in [5, 5.41) is 4.12. The van der Waals surface area contributed by atoms with Gasteiger partial charge in [-0.1, -0.05) is 17.7 Å². The highest BCUT2D eigenvalue weighted by Gasteiger charge is 2.09. The van der Waals surface area contributed by atoms with Gasteiger partial charge in [-0.05, 0) is 37.1 Å². The van der Waals surface area contributed by atoms with E-state index in [4.69, 9.17) is 17.3 Å². The normalized spacial score (nSPS) is 12.2. The number of benzene rings is 1. The van der Waals surface area contributed by atoms with Gasteiger partial charge in [0.25, 0.3) is 0 Å². The molecule has 4 nitrogen and oxygen atoms in total. The number of carbonyl (C=O) groups excluding carboxylic acids is 1. The van der Waals surface area contributed by atoms with E-state index in [2.05, 4.69) is 10.3 Å². The maximum Gasteiger partial charge on any atom is 0.227 e. The van der Waals surface area contributed by atoms with Gasteiger partial charge in [-0.15, -0.1) is 11.3 Å². The minimum atomic E-state index is -0.152. The van der Waals surface area contributed by atoms with Gasteiger partial charge < -0.3 is 11.1 Å². The molecule has 1 heterocycles. The molecule has 0 aliphatic heterocycles. The summed E-state index contributed by atoms with van der Waals surface area (Å²) in [7, 11) is 0. The lowest BCUT2D eigenvalue weighted by Crippen LogP contribution is -2.23. The molecule has 3 N–H and O–H groups in total. The number of halogens is 1. The lowest BCUT2D eigenvalue weighted by molar-refractivity contribution is -0.116. The zero-order valence-corrected chi connectivity index (χ0v) is 13.6. The second-order valence-electron chi connectivity index (χ2n) is 5.11. The van der Waals surface area contributed by atoms with E-state index in [1.807, 2.05) is 25.1 Å². The Morgan fingerprint density at radius 1 is 1.52 bits per heavy atom. The van der Waals surface area contributed by atoms with Crippen LogP contribution in [-0.2, 0) is 11.2 Å². The van der Waals surface area contributed by atoms with E-state index in [1.54, 1.807) is 13.1 Å². The highest BCUT2D eigenvalue weighted by molar-refractivity contribution is 7.15. The molecule has 0 saturated heterocycles. The van der Waals surface area contributed by atoms with Crippen LogP contribution >= 0.6 is 22.9 Å². The Hall–Kier alpha value is -1.43. The first-order chi connectivity index (χ1) is 9.94. The second-order valence-corrected chi connectivity index (χ2v) is 6.66. The lowest BCUT2D eigenvalue weighted by atomic mass is 10.1. The quantitative estimate of drug-likeness (QED) is 0.886. The number of hydrogen-bond donors (Lipinski definition) is 2. The number of nitrogens with one attached hydrogen (secondary N) is 1. The van der Waals surface area contributed by atoms with Crippen molar-refractivity contribution in [1.29, 1.82) is 0 Å². The van der Waals surface area contributed by atoms with Crippen LogP contribution in [0.1, 0.15) is 29.3 Å². The molecule has 0 saturated carbocycles. The molecule has 2 aromatic rings. The Bertz CT molecular complexity index is 640. The molecule has 0 aliphatic carbocycles. The van der Waals surface area contributed by atoms with Crippen LogP contribution in [-0.4, -0.2) is 16.9 Å². The summed E-state index contributed by atoms with van der Waals surface area (Å²) in [4.78, 5) is 17.0. The van der Waals surface area contributed by atoms with Gasteiger partial charge in [0.1, 0.15) is 0 Å². The number of anilines is 1. The molecule has 0 radical (unpaired) electrons. The Labute approximate surface area is 133 Å². The summed E-state index contributed by atoms with van der Waals surface area (Å²) < 4.78 is 0. The molecule has 1 atom stereocenters. The van der Waals surface area contributed by atoms with Gasteiger partial charge in [-0.25, -0.2) is 4.98 Å². The summed E-state index contributed by atoms with van der Waals surface area (Å²) >= 11 is 7.43. The second kappa shape index (κ2) is 7.02. The van der Waals surface area contributed by atoms with E-state index >= 15 is 0 Å². The van der Waals surface area contributed by atoms with Crippen LogP contribution in [0, 0.1) is 6.92 Å². The first-order valence-electron chi connectivity index (χ1n) is 6.69. The summed E-state index contributed by atoms with van der Waals surface area (Å²) in [6.45, 7) is 3.84. The molecule has 1 amide bonds. The van der Waals surface area contributed by atoms with Crippen molar-refractivity contribution in [2.45, 2.75) is 32.7 Å². The van der Waals surface area contributed by atoms with E-state index in [9.17, 15) is 4.79 Å². The average Bonchev–Trinajstić information content (AvgIpc) is 2.79. The molecule has 21 heavy (non-hydrogen) atoms. The summed E-state index contributed by atoms with van der Waals surface area (Å²) in [5.74, 6) is -0.103. The van der Waals surface area contributed by atoms with Gasteiger partial charge in [0.15, 0.2) is 5.13 Å². The number of hydrogen-bond acceptors (Lipinski definition) is 4. The third kappa shape index (κ3) is 4.81. The minimum absolute atomic E-state index is 0.103. The van der Waals surface area contributed by atoms with Crippen molar-refractivity contribution in [3.63, 3.8) is 0 Å². The fourth-order valence-corrected chi connectivity index (χ4v) is 3.03. The maximum atomic E-state index is 11.6. The molecule has 1 aromatic carbocycles. The van der Waals surface area contributed by atoms with Crippen LogP contribution in [0.2, 0.25) is 5.02 Å². The van der Waals surface area contributed by atoms with Crippen molar-refractivity contribution < 1.29 is 4.79 Å². The van der Waals surface area contributed by atoms with E-state index < -0.39 is 0 Å². The van der Waals surface area contributed by atoms with Crippen molar-refractivity contribution in [2.75, 3.05) is 5.32 Å². The maximum absolute atomic E-state index is 11.6. The average molecular weight is 324 g/mol. The first-order valence-corrected chi connectivity index (χ1v) is 7.88. The molecular weight excluding hydrogens is 306 g/mol. The molecule has 2 rings (SSSR count). The standard InChI is InChI=1S/C15H18ClN3OS/c1-9-5-12(16)4-3-11(9)7-13-8-18-15(21-13)19-14(20)6-10(2)17/h3-5,8,10H,6-7,17H2,1-2H3,(H,18,19,20). The van der Waals surface area contributed by atoms with E-state index in [1.165, 1.54) is 16.9 Å². The highest BCUT2D eigenvalue weighted by Crippen LogP contribution is 2.24. The zero-order chi connectivity index (χ0) is 15.4. The Balaban J connectivity index is 2.01. The molecule has 112 valence electrons. The Morgan fingerprint density at radius 3 is 2.95 bits per heavy atom. The molecule has 1 aromatic heterocycles. The zero-order valence-electron chi connectivity index (χ0n) is 12.0. The van der Waals surface area contributed by atoms with Gasteiger partial charge in [-0.2, -0.15) is 0 Å². The summed E-state index contributed by atoms with van der Waals surface area (Å²) in [6.07, 6.45) is 2.87. The van der Waals surface area contributed by atoms with E-state index in [0.29, 0.717) is 11.6 Å². The summed E-state index contributed by atoms with van der Waals surface area (Å²) in [5.41, 5.74) is 7.95. The number of nitrogens with two attached hydrogens (primary N) is 1. The van der Waals surface area contributed by atoms with Crippen LogP contribution in [0.15, 0.2) is 24.4 Å². The molecular formula is C15H18ClN3OS. The predicted octanol–water partition coefficient (Wildman–Crippen LogP) is 3.37. The van der Waals surface area contributed by atoms with Crippen LogP contribution in [0.3, 0.4) is 0 Å². The third-order valence-electron chi connectivity index (χ3n) is 2.98. The predicted molar refractivity (Wildman–Crippen MR) is 88.0 cm³/mol. The van der Waals surface area contributed by atoms with Gasteiger partial charge in [0.05, 0.1) is 0 Å². The van der Waals surface area contributed by atoms with Gasteiger partial charge >= 0.3 is 0 Å². The smallest absolute Gasteiger partial charge is 0.227 e. The largest absolute Gasteiger partial charge is 0.327 e. The van der Waals surface area contributed by atoms with E-state index in [-0.39, 0.29) is 11.9 Å². The SMILES string of the molecule is Cc1cc(Cl)ccc1Cc1cnc(NC(=O)CC(C)N)s1. The number of carbonyl (C=O) groups is 1. The van der Waals surface area contributed by atoms with Crippen molar-refractivity contribution in [3.8, 4) is 0 Å². The Kier molecular flexibility index (Phi) is 5.33. The number of thiazole rings is 1. The van der Waals surface area contributed by atoms with Gasteiger partial charge in [0, 0.05) is 35.0 Å². The molecule has 0 spiro atoms. The molecule has 6 heteroatoms. The van der Waals surface area contributed by atoms with Crippen molar-refractivity contribution >= 4 is 34.0 Å². The van der Waals surface area contributed by atoms with Gasteiger partial charge in [-0.3, -0.25) is 4.79 Å². The van der Waals surface area contributed by atoms with Crippen molar-refractivity contribution in [2.24, 2.45) is 5.73 Å². The topological polar surface area (TPSA) is 68.0 Å². The number of nitrogens with zero attached hydrogens (tertiary/aromatic N) is 1. The fraction of sp³-hybridized carbons (Fsp3) is 0.333. The lowest BCUT2D eigenvalue weighted by Gasteiger charge is -2.04. The third-order valence-corrected chi connectivity index (χ3v) is 4.12. The number of aryl methyl sites for hydroxylation is 1. The molecule has 0 fully saturated rings. The molecule has 1 unspecified atom stereocenters. The monoisotopic (exact) mass is 323 g/mol. The van der Waals surface area contributed by atoms with Crippen LogP contribution in [0.4, 0.5) is 5.13 Å². The first kappa shape index (κ1) is 15.9. The van der Waals surface area contributed by atoms with Crippen LogP contribution in [0.5, 0.6) is 0 Å². The van der Waals surface area contributed by atoms with Crippen LogP contribution < -0.4 is 11.1 Å². The van der Waals surface area contributed by atoms with Crippen LogP contribution in [0.25, 0.3) is 0 Å². The highest BCUT2D eigenvalue weighted by atomic mass is 35.5. The molecule has 0 bridgehead atoms. The van der Waals surface area contributed by atoms with E-state index in [0.717, 1.165) is 21.9 Å². The van der Waals surface area contributed by atoms with Gasteiger partial charge in [0.2, 0.25) is 5.91 Å². The number of rotatable bonds is 5. The van der Waals surface area contributed by atoms with Crippen molar-refractivity contribution in [1.82, 2.24) is 4.98 Å².